The van der Waals surface area contributed by atoms with Crippen LogP contribution in [0, 0.1) is 33.6 Å². The summed E-state index contributed by atoms with van der Waals surface area (Å²) in [6, 6.07) is 21.7. The van der Waals surface area contributed by atoms with E-state index in [0.717, 1.165) is 17.3 Å². The molecule has 0 saturated heterocycles. The van der Waals surface area contributed by atoms with Gasteiger partial charge >= 0.3 is 0 Å². The summed E-state index contributed by atoms with van der Waals surface area (Å²) in [5, 5.41) is 0. The average molecular weight is 473 g/mol. The van der Waals surface area contributed by atoms with E-state index in [-0.39, 0.29) is 0 Å². The molecule has 3 aromatic carbocycles. The Morgan fingerprint density at radius 1 is 0.735 bits per heavy atom. The highest BCUT2D eigenvalue weighted by Gasteiger charge is 2.13. The zero-order valence-corrected chi connectivity index (χ0v) is 23.1. The molecular formula is C31H40N2S. The summed E-state index contributed by atoms with van der Waals surface area (Å²) in [7, 11) is 0. The van der Waals surface area contributed by atoms with Gasteiger partial charge in [-0.1, -0.05) is 93.9 Å². The lowest BCUT2D eigenvalue weighted by molar-refractivity contribution is 0.737. The Kier molecular flexibility index (Phi) is 10.7. The summed E-state index contributed by atoms with van der Waals surface area (Å²) in [5.74, 6) is 1.81. The minimum absolute atomic E-state index is 0.833. The number of nitrogens with zero attached hydrogens (tertiary/aromatic N) is 2. The van der Waals surface area contributed by atoms with Crippen molar-refractivity contribution in [2.24, 2.45) is 5.92 Å². The van der Waals surface area contributed by atoms with E-state index in [1.165, 1.54) is 37.7 Å². The largest absolute Gasteiger partial charge is 0.299 e. The van der Waals surface area contributed by atoms with E-state index >= 15 is 0 Å². The minimum Gasteiger partial charge on any atom is -0.299 e. The van der Waals surface area contributed by atoms with Gasteiger partial charge in [0.15, 0.2) is 0 Å². The second-order valence-electron chi connectivity index (χ2n) is 9.04. The molecule has 3 heteroatoms. The van der Waals surface area contributed by atoms with Crippen molar-refractivity contribution >= 4 is 11.8 Å². The summed E-state index contributed by atoms with van der Waals surface area (Å²) in [6.45, 7) is 19.1. The van der Waals surface area contributed by atoms with Gasteiger partial charge < -0.3 is 0 Å². The van der Waals surface area contributed by atoms with Gasteiger partial charge in [0.05, 0.1) is 5.69 Å². The smallest absolute Gasteiger partial charge is 0.144 e. The first-order chi connectivity index (χ1) is 16.2. The molecule has 1 heterocycles. The predicted molar refractivity (Wildman–Crippen MR) is 150 cm³/mol. The summed E-state index contributed by atoms with van der Waals surface area (Å²) in [6.07, 6.45) is 3.94. The molecule has 0 bridgehead atoms. The molecule has 0 unspecified atom stereocenters. The molecule has 180 valence electrons. The number of hydrogen-bond donors (Lipinski definition) is 0. The van der Waals surface area contributed by atoms with Crippen LogP contribution in [0.5, 0.6) is 0 Å². The van der Waals surface area contributed by atoms with Crippen molar-refractivity contribution in [3.05, 3.63) is 95.3 Å². The molecule has 34 heavy (non-hydrogen) atoms. The zero-order valence-electron chi connectivity index (χ0n) is 22.3. The van der Waals surface area contributed by atoms with Crippen molar-refractivity contribution in [3.8, 4) is 17.1 Å². The number of rotatable bonds is 4. The first-order valence-electron chi connectivity index (χ1n) is 12.2. The van der Waals surface area contributed by atoms with E-state index in [4.69, 9.17) is 0 Å². The van der Waals surface area contributed by atoms with Crippen molar-refractivity contribution in [2.75, 3.05) is 0 Å². The molecule has 0 aliphatic heterocycles. The highest BCUT2D eigenvalue weighted by molar-refractivity contribution is 7.99. The molecule has 0 amide bonds. The maximum atomic E-state index is 4.68. The van der Waals surface area contributed by atoms with Crippen LogP contribution >= 0.6 is 11.8 Å². The first kappa shape index (κ1) is 27.5. The highest BCUT2D eigenvalue weighted by atomic mass is 32.2. The number of benzene rings is 3. The van der Waals surface area contributed by atoms with Crippen LogP contribution in [0.15, 0.2) is 82.8 Å². The Labute approximate surface area is 211 Å². The van der Waals surface area contributed by atoms with Crippen molar-refractivity contribution in [1.29, 1.82) is 0 Å². The van der Waals surface area contributed by atoms with E-state index in [1.807, 2.05) is 20.0 Å². The van der Waals surface area contributed by atoms with Crippen LogP contribution in [0.25, 0.3) is 17.1 Å². The van der Waals surface area contributed by atoms with Gasteiger partial charge in [0, 0.05) is 27.7 Å². The minimum atomic E-state index is 0.833. The predicted octanol–water partition coefficient (Wildman–Crippen LogP) is 9.61. The van der Waals surface area contributed by atoms with Crippen molar-refractivity contribution in [3.63, 3.8) is 0 Å². The van der Waals surface area contributed by atoms with E-state index in [2.05, 4.69) is 125 Å². The molecule has 4 rings (SSSR count). The van der Waals surface area contributed by atoms with E-state index in [1.54, 1.807) is 11.8 Å². The second-order valence-corrected chi connectivity index (χ2v) is 10.2. The fourth-order valence-electron chi connectivity index (χ4n) is 3.69. The Morgan fingerprint density at radius 3 is 1.91 bits per heavy atom. The quantitative estimate of drug-likeness (QED) is 0.294. The van der Waals surface area contributed by atoms with Crippen molar-refractivity contribution < 1.29 is 0 Å². The van der Waals surface area contributed by atoms with Crippen LogP contribution < -0.4 is 0 Å². The highest BCUT2D eigenvalue weighted by Crippen LogP contribution is 2.32. The second kappa shape index (κ2) is 13.2. The molecule has 0 N–H and O–H groups in total. The van der Waals surface area contributed by atoms with Gasteiger partial charge in [-0.15, -0.1) is 0 Å². The molecule has 0 spiro atoms. The summed E-state index contributed by atoms with van der Waals surface area (Å²) >= 11 is 1.78. The Morgan fingerprint density at radius 2 is 1.32 bits per heavy atom. The molecule has 4 aromatic rings. The SMILES string of the molecule is CC.CC(C)C.Cc1ccc(Sc2cccc(-c3nccn3-c3c(C)cc(C)cc3C)c2)cc1. The van der Waals surface area contributed by atoms with Crippen LogP contribution in [0.3, 0.4) is 0 Å². The maximum Gasteiger partial charge on any atom is 0.144 e. The zero-order chi connectivity index (χ0) is 25.3. The third-order valence-electron chi connectivity index (χ3n) is 4.87. The van der Waals surface area contributed by atoms with Crippen LogP contribution in [0.1, 0.15) is 56.9 Å². The van der Waals surface area contributed by atoms with Gasteiger partial charge in [-0.25, -0.2) is 4.98 Å². The van der Waals surface area contributed by atoms with Gasteiger partial charge in [-0.3, -0.25) is 4.57 Å². The maximum absolute atomic E-state index is 4.68. The first-order valence-corrected chi connectivity index (χ1v) is 13.0. The number of imidazole rings is 1. The third kappa shape index (κ3) is 7.63. The average Bonchev–Trinajstić information content (AvgIpc) is 3.25. The van der Waals surface area contributed by atoms with Gasteiger partial charge in [0.25, 0.3) is 0 Å². The van der Waals surface area contributed by atoms with Crippen molar-refractivity contribution in [1.82, 2.24) is 9.55 Å². The van der Waals surface area contributed by atoms with Crippen LogP contribution in [0.2, 0.25) is 0 Å². The van der Waals surface area contributed by atoms with Gasteiger partial charge in [0.2, 0.25) is 0 Å². The molecule has 0 fully saturated rings. The molecule has 0 radical (unpaired) electrons. The standard InChI is InChI=1S/C25H24N2S.C4H10.C2H6/c1-17-8-10-22(11-9-17)28-23-7-5-6-21(16-23)25-26-12-13-27(25)24-19(3)14-18(2)15-20(24)4;1-4(2)3;1-2/h5-16H,1-4H3;4H,1-3H3;1-2H3. The van der Waals surface area contributed by atoms with Gasteiger partial charge in [-0.2, -0.15) is 0 Å². The Bertz CT molecular complexity index is 1140. The van der Waals surface area contributed by atoms with Crippen LogP contribution in [0.4, 0.5) is 0 Å². The lowest BCUT2D eigenvalue weighted by Crippen LogP contribution is -2.02. The molecule has 0 aliphatic carbocycles. The molecule has 2 nitrogen and oxygen atoms in total. The van der Waals surface area contributed by atoms with E-state index in [0.29, 0.717) is 0 Å². The lowest BCUT2D eigenvalue weighted by atomic mass is 10.0. The number of hydrogen-bond acceptors (Lipinski definition) is 2. The normalized spacial score (nSPS) is 10.3. The fourth-order valence-corrected chi connectivity index (χ4v) is 4.57. The molecular weight excluding hydrogens is 432 g/mol. The molecule has 0 atom stereocenters. The van der Waals surface area contributed by atoms with Crippen LogP contribution in [-0.4, -0.2) is 9.55 Å². The number of aromatic nitrogens is 2. The third-order valence-corrected chi connectivity index (χ3v) is 5.86. The van der Waals surface area contributed by atoms with Gasteiger partial charge in [0.1, 0.15) is 5.82 Å². The van der Waals surface area contributed by atoms with Crippen LogP contribution in [-0.2, 0) is 0 Å². The molecule has 0 saturated carbocycles. The summed E-state index contributed by atoms with van der Waals surface area (Å²) in [4.78, 5) is 7.14. The summed E-state index contributed by atoms with van der Waals surface area (Å²) in [5.41, 5.74) is 7.45. The van der Waals surface area contributed by atoms with E-state index < -0.39 is 0 Å². The summed E-state index contributed by atoms with van der Waals surface area (Å²) < 4.78 is 2.21. The monoisotopic (exact) mass is 472 g/mol. The fraction of sp³-hybridized carbons (Fsp3) is 0.323. The van der Waals surface area contributed by atoms with Gasteiger partial charge in [-0.05, 0) is 69.0 Å². The number of aryl methyl sites for hydroxylation is 4. The Balaban J connectivity index is 0.000000618. The molecule has 0 aliphatic rings. The molecule has 1 aromatic heterocycles. The van der Waals surface area contributed by atoms with Crippen molar-refractivity contribution in [2.45, 2.75) is 72.1 Å². The topological polar surface area (TPSA) is 17.8 Å². The Hall–Kier alpha value is -2.78. The lowest BCUT2D eigenvalue weighted by Gasteiger charge is -2.15. The van der Waals surface area contributed by atoms with E-state index in [9.17, 15) is 0 Å².